The van der Waals surface area contributed by atoms with Crippen LogP contribution < -0.4 is 20.1 Å². The monoisotopic (exact) mass is 344 g/mol. The fourth-order valence-corrected chi connectivity index (χ4v) is 2.58. The molecule has 0 aromatic heterocycles. The van der Waals surface area contributed by atoms with E-state index >= 15 is 0 Å². The molecule has 0 aliphatic carbocycles. The van der Waals surface area contributed by atoms with Gasteiger partial charge >= 0.3 is 6.09 Å². The first-order valence-electron chi connectivity index (χ1n) is 8.03. The maximum Gasteiger partial charge on any atom is 0.405 e. The van der Waals surface area contributed by atoms with Gasteiger partial charge in [-0.25, -0.2) is 4.79 Å². The first kappa shape index (κ1) is 18.6. The Labute approximate surface area is 147 Å². The fraction of sp³-hybridized carbons (Fsp3) is 0.316. The van der Waals surface area contributed by atoms with Crippen LogP contribution in [0.15, 0.2) is 48.5 Å². The van der Waals surface area contributed by atoms with Crippen LogP contribution in [-0.4, -0.2) is 31.5 Å². The van der Waals surface area contributed by atoms with Gasteiger partial charge in [-0.05, 0) is 42.3 Å². The smallest absolute Gasteiger partial charge is 0.405 e. The summed E-state index contributed by atoms with van der Waals surface area (Å²) in [6.45, 7) is 2.58. The van der Waals surface area contributed by atoms with Crippen LogP contribution in [0.5, 0.6) is 11.5 Å². The normalized spacial score (nSPS) is 12.9. The summed E-state index contributed by atoms with van der Waals surface area (Å²) < 4.78 is 10.3. The summed E-state index contributed by atoms with van der Waals surface area (Å²) in [5.41, 5.74) is 1.97. The second kappa shape index (κ2) is 8.94. The van der Waals surface area contributed by atoms with E-state index in [1.807, 2.05) is 55.5 Å². The van der Waals surface area contributed by atoms with Gasteiger partial charge in [0, 0.05) is 12.6 Å². The molecule has 2 atom stereocenters. The second-order valence-electron chi connectivity index (χ2n) is 5.72. The Morgan fingerprint density at radius 3 is 2.00 bits per heavy atom. The Morgan fingerprint density at radius 2 is 1.52 bits per heavy atom. The molecule has 3 N–H and O–H groups in total. The molecule has 2 aromatic rings. The summed E-state index contributed by atoms with van der Waals surface area (Å²) in [7, 11) is 3.23. The molecule has 6 heteroatoms. The highest BCUT2D eigenvalue weighted by molar-refractivity contribution is 5.65. The van der Waals surface area contributed by atoms with Crippen molar-refractivity contribution in [2.24, 2.45) is 0 Å². The Kier molecular flexibility index (Phi) is 6.65. The molecule has 0 unspecified atom stereocenters. The lowest BCUT2D eigenvalue weighted by molar-refractivity contribution is 0.186. The van der Waals surface area contributed by atoms with Crippen molar-refractivity contribution in [1.82, 2.24) is 10.6 Å². The summed E-state index contributed by atoms with van der Waals surface area (Å²) >= 11 is 0. The first-order valence-corrected chi connectivity index (χ1v) is 8.03. The zero-order valence-corrected chi connectivity index (χ0v) is 14.7. The van der Waals surface area contributed by atoms with Gasteiger partial charge in [-0.1, -0.05) is 24.3 Å². The van der Waals surface area contributed by atoms with Crippen molar-refractivity contribution in [3.05, 3.63) is 59.7 Å². The van der Waals surface area contributed by atoms with Gasteiger partial charge in [0.05, 0.1) is 20.3 Å². The van der Waals surface area contributed by atoms with E-state index in [2.05, 4.69) is 10.6 Å². The van der Waals surface area contributed by atoms with Gasteiger partial charge in [-0.3, -0.25) is 0 Å². The molecule has 25 heavy (non-hydrogen) atoms. The highest BCUT2D eigenvalue weighted by Gasteiger charge is 2.21. The molecule has 0 bridgehead atoms. The van der Waals surface area contributed by atoms with Gasteiger partial charge in [0.2, 0.25) is 0 Å². The maximum absolute atomic E-state index is 11.2. The minimum Gasteiger partial charge on any atom is -0.497 e. The standard InChI is InChI=1S/C19H24N2O4/c1-13(20-12-14-4-8-16(24-2)9-5-14)18(21-19(22)23)15-6-10-17(25-3)11-7-15/h4-11,13,18,20-21H,12H2,1-3H3,(H,22,23)/t13-,18-/m1/s1. The zero-order chi connectivity index (χ0) is 18.2. The number of ether oxygens (including phenoxy) is 2. The number of carboxylic acid groups (broad SMARTS) is 1. The molecular weight excluding hydrogens is 320 g/mol. The van der Waals surface area contributed by atoms with Gasteiger partial charge in [-0.2, -0.15) is 0 Å². The summed E-state index contributed by atoms with van der Waals surface area (Å²) in [5, 5.41) is 15.1. The number of nitrogens with one attached hydrogen (secondary N) is 2. The van der Waals surface area contributed by atoms with Crippen molar-refractivity contribution in [2.75, 3.05) is 14.2 Å². The first-order chi connectivity index (χ1) is 12.0. The molecule has 1 amide bonds. The molecule has 0 heterocycles. The van der Waals surface area contributed by atoms with E-state index in [-0.39, 0.29) is 12.1 Å². The summed E-state index contributed by atoms with van der Waals surface area (Å²) in [5.74, 6) is 1.54. The fourth-order valence-electron chi connectivity index (χ4n) is 2.58. The third-order valence-corrected chi connectivity index (χ3v) is 4.04. The van der Waals surface area contributed by atoms with E-state index in [0.717, 1.165) is 22.6 Å². The lowest BCUT2D eigenvalue weighted by Crippen LogP contribution is -2.41. The zero-order valence-electron chi connectivity index (χ0n) is 14.7. The van der Waals surface area contributed by atoms with Gasteiger partial charge in [-0.15, -0.1) is 0 Å². The Morgan fingerprint density at radius 1 is 1.00 bits per heavy atom. The minimum atomic E-state index is -1.06. The lowest BCUT2D eigenvalue weighted by atomic mass is 10.00. The van der Waals surface area contributed by atoms with Crippen LogP contribution in [0.4, 0.5) is 4.79 Å². The van der Waals surface area contributed by atoms with Crippen LogP contribution in [0.25, 0.3) is 0 Å². The van der Waals surface area contributed by atoms with E-state index in [9.17, 15) is 4.79 Å². The summed E-state index contributed by atoms with van der Waals surface area (Å²) in [4.78, 5) is 11.2. The summed E-state index contributed by atoms with van der Waals surface area (Å²) in [6, 6.07) is 14.7. The van der Waals surface area contributed by atoms with Crippen molar-refractivity contribution in [2.45, 2.75) is 25.6 Å². The molecule has 0 radical (unpaired) electrons. The number of benzene rings is 2. The number of hydrogen-bond acceptors (Lipinski definition) is 4. The third kappa shape index (κ3) is 5.39. The van der Waals surface area contributed by atoms with E-state index in [4.69, 9.17) is 14.6 Å². The molecule has 0 saturated carbocycles. The average molecular weight is 344 g/mol. The van der Waals surface area contributed by atoms with E-state index in [1.54, 1.807) is 14.2 Å². The molecule has 0 aliphatic rings. The van der Waals surface area contributed by atoms with Crippen LogP contribution in [-0.2, 0) is 6.54 Å². The lowest BCUT2D eigenvalue weighted by Gasteiger charge is -2.25. The van der Waals surface area contributed by atoms with E-state index in [0.29, 0.717) is 6.54 Å². The SMILES string of the molecule is COc1ccc(CN[C@H](C)[C@@H](NC(=O)O)c2ccc(OC)cc2)cc1. The Bertz CT molecular complexity index is 671. The van der Waals surface area contributed by atoms with E-state index < -0.39 is 6.09 Å². The second-order valence-corrected chi connectivity index (χ2v) is 5.72. The highest BCUT2D eigenvalue weighted by Crippen LogP contribution is 2.21. The number of hydrogen-bond donors (Lipinski definition) is 3. The molecule has 6 nitrogen and oxygen atoms in total. The van der Waals surface area contributed by atoms with Crippen molar-refractivity contribution < 1.29 is 19.4 Å². The molecule has 134 valence electrons. The van der Waals surface area contributed by atoms with Gasteiger partial charge < -0.3 is 25.2 Å². The predicted molar refractivity (Wildman–Crippen MR) is 96.2 cm³/mol. The van der Waals surface area contributed by atoms with Gasteiger partial charge in [0.25, 0.3) is 0 Å². The molecular formula is C19H24N2O4. The molecule has 2 rings (SSSR count). The molecule has 0 saturated heterocycles. The van der Waals surface area contributed by atoms with E-state index in [1.165, 1.54) is 0 Å². The van der Waals surface area contributed by atoms with Crippen molar-refractivity contribution in [1.29, 1.82) is 0 Å². The van der Waals surface area contributed by atoms with Crippen molar-refractivity contribution >= 4 is 6.09 Å². The van der Waals surface area contributed by atoms with Crippen molar-refractivity contribution in [3.8, 4) is 11.5 Å². The van der Waals surface area contributed by atoms with Crippen LogP contribution in [0.1, 0.15) is 24.1 Å². The van der Waals surface area contributed by atoms with Gasteiger partial charge in [0.1, 0.15) is 11.5 Å². The molecule has 2 aromatic carbocycles. The minimum absolute atomic E-state index is 0.105. The number of rotatable bonds is 8. The molecule has 0 aliphatic heterocycles. The van der Waals surface area contributed by atoms with Crippen molar-refractivity contribution in [3.63, 3.8) is 0 Å². The van der Waals surface area contributed by atoms with Crippen LogP contribution in [0, 0.1) is 0 Å². The molecule has 0 fully saturated rings. The number of carbonyl (C=O) groups is 1. The maximum atomic E-state index is 11.2. The quantitative estimate of drug-likeness (QED) is 0.685. The average Bonchev–Trinajstić information content (AvgIpc) is 2.64. The van der Waals surface area contributed by atoms with Crippen LogP contribution in [0.3, 0.4) is 0 Å². The third-order valence-electron chi connectivity index (χ3n) is 4.04. The Hall–Kier alpha value is -2.73. The summed E-state index contributed by atoms with van der Waals surface area (Å²) in [6.07, 6.45) is -1.06. The van der Waals surface area contributed by atoms with Crippen LogP contribution >= 0.6 is 0 Å². The number of methoxy groups -OCH3 is 2. The largest absolute Gasteiger partial charge is 0.497 e. The Balaban J connectivity index is 2.05. The topological polar surface area (TPSA) is 79.8 Å². The van der Waals surface area contributed by atoms with Gasteiger partial charge in [0.15, 0.2) is 0 Å². The number of amides is 1. The predicted octanol–water partition coefficient (Wildman–Crippen LogP) is 3.19. The highest BCUT2D eigenvalue weighted by atomic mass is 16.5. The van der Waals surface area contributed by atoms with Crippen LogP contribution in [0.2, 0.25) is 0 Å². The molecule has 0 spiro atoms.